The number of esters is 3. The van der Waals surface area contributed by atoms with Crippen LogP contribution in [0.3, 0.4) is 0 Å². The summed E-state index contributed by atoms with van der Waals surface area (Å²) in [7, 11) is 0. The molecule has 0 aliphatic carbocycles. The molecule has 0 unspecified atom stereocenters. The summed E-state index contributed by atoms with van der Waals surface area (Å²) in [6.07, 6.45) is 8.40. The van der Waals surface area contributed by atoms with Gasteiger partial charge in [-0.15, -0.1) is 0 Å². The number of fused-ring (bicyclic) bond motifs is 5. The minimum absolute atomic E-state index is 0.0605. The van der Waals surface area contributed by atoms with E-state index in [4.69, 9.17) is 4.74 Å². The molecular weight excluding hydrogens is 1320 g/mol. The van der Waals surface area contributed by atoms with Crippen LogP contribution in [-0.2, 0) is 47.8 Å². The number of amides is 6. The molecule has 3 aliphatic heterocycles. The number of aliphatic carboxylic acids is 1. The van der Waals surface area contributed by atoms with Crippen molar-refractivity contribution in [1.82, 2.24) is 42.1 Å². The minimum atomic E-state index is -1.24. The van der Waals surface area contributed by atoms with Crippen molar-refractivity contribution in [1.29, 1.82) is 0 Å². The quantitative estimate of drug-likeness (QED) is 0.0206. The standard InChI is InChI=1S/C29H38N4O6.C29H36N4O5.C16H12N2O7/c1-17(2)26(27(36)30-18(3)28(37)33-14-6-8-24(32-33)29(38)39)31-25(35)9-5-7-20-10-11-21-12-13-22(19(4)34)16-23(21)15-20;1-17(2)26-27(35)30-18(3)28(36)33-14-6-8-24(32-33)29(37)38-19(4)22-13-12-21-11-10-20(15-23(21)16-22)7-5-9-25(34)31-26;1-9-5-3-7-11(17(21)22)13(9)15(19)25-16(20)14-10(2)6-4-8-12(14)18(23)24/h5,7,10-13,15-19,24,26,32,34H,6,8-9,14H2,1-4H3,(H,30,36)(H,31,35)(H,38,39);5,7,10-13,15-19,24,26,32H,6,8-9,14H2,1-4H3,(H,30,35)(H,31,34);3-8H,1-2H3/b2*7-5+;/t2*18-,19+,24-,26-;/m00./s1. The van der Waals surface area contributed by atoms with Crippen LogP contribution in [0.2, 0.25) is 0 Å². The molecule has 540 valence electrons. The fraction of sp³-hybridized carbons (Fsp3) is 0.378. The molecule has 0 aromatic heterocycles. The SMILES string of the molecule is CC(C)[C@@H]1NC(=O)C/C=C/c2ccc3ccc(cc3c2)[C@@H](C)OC(=O)[C@@H]2CCCN(N2)C(=O)[C@H](C)NC1=O.CC(C)[C@H](NC(=O)C/C=C/c1ccc2ccc([C@@H](C)O)cc2c1)C(=O)N[C@@H](C)C(=O)N1CCC[C@@H](C(=O)O)N1.Cc1cccc([N+](=O)[O-])c1C(=O)OC(=O)c1c(C)cccc1[N+](=O)[O-]. The van der Waals surface area contributed by atoms with E-state index in [1.54, 1.807) is 39.8 Å². The monoisotopic (exact) mass is 1400 g/mol. The summed E-state index contributed by atoms with van der Waals surface area (Å²) in [5, 5.41) is 58.8. The lowest BCUT2D eigenvalue weighted by atomic mass is 10.0. The number of cyclic esters (lactones) is 1. The summed E-state index contributed by atoms with van der Waals surface area (Å²) < 4.78 is 10.5. The number of rotatable bonds is 15. The van der Waals surface area contributed by atoms with Crippen molar-refractivity contribution >= 4 is 104 Å². The number of hydrazine groups is 2. The molecule has 2 fully saturated rings. The third kappa shape index (κ3) is 21.0. The van der Waals surface area contributed by atoms with Crippen LogP contribution in [0.25, 0.3) is 33.7 Å². The fourth-order valence-electron chi connectivity index (χ4n) is 11.5. The van der Waals surface area contributed by atoms with E-state index in [9.17, 15) is 78.4 Å². The maximum Gasteiger partial charge on any atom is 0.353 e. The number of carboxylic acid groups (broad SMARTS) is 1. The Morgan fingerprint density at radius 1 is 0.725 bits per heavy atom. The Bertz CT molecular complexity index is 4170. The zero-order chi connectivity index (χ0) is 74.8. The van der Waals surface area contributed by atoms with Crippen molar-refractivity contribution in [3.63, 3.8) is 0 Å². The summed E-state index contributed by atoms with van der Waals surface area (Å²) in [5.41, 5.74) is 7.88. The van der Waals surface area contributed by atoms with Crippen LogP contribution in [0, 0.1) is 45.9 Å². The van der Waals surface area contributed by atoms with Gasteiger partial charge < -0.3 is 41.0 Å². The number of nitro benzene ring substituents is 2. The molecule has 9 rings (SSSR count). The third-order valence-electron chi connectivity index (χ3n) is 17.2. The van der Waals surface area contributed by atoms with Gasteiger partial charge in [-0.25, -0.2) is 20.4 Å². The lowest BCUT2D eigenvalue weighted by Crippen LogP contribution is -2.61. The van der Waals surface area contributed by atoms with E-state index in [-0.39, 0.29) is 64.7 Å². The molecule has 2 saturated heterocycles. The van der Waals surface area contributed by atoms with E-state index in [1.165, 1.54) is 55.1 Å². The smallest absolute Gasteiger partial charge is 0.353 e. The van der Waals surface area contributed by atoms with E-state index in [0.29, 0.717) is 38.8 Å². The number of carbonyl (C=O) groups is 10. The van der Waals surface area contributed by atoms with Gasteiger partial charge in [0.25, 0.3) is 23.2 Å². The Labute approximate surface area is 588 Å². The first kappa shape index (κ1) is 78.2. The number of nitro groups is 2. The maximum absolute atomic E-state index is 13.1. The van der Waals surface area contributed by atoms with E-state index in [0.717, 1.165) is 55.9 Å². The van der Waals surface area contributed by atoms with E-state index >= 15 is 0 Å². The molecule has 3 aliphatic rings. The normalized spacial score (nSPS) is 19.3. The number of hydrogen-bond donors (Lipinski definition) is 8. The van der Waals surface area contributed by atoms with Crippen LogP contribution in [-0.4, -0.2) is 139 Å². The third-order valence-corrected chi connectivity index (χ3v) is 17.2. The lowest BCUT2D eigenvalue weighted by Gasteiger charge is -2.35. The second-order valence-electron chi connectivity index (χ2n) is 25.8. The Morgan fingerprint density at radius 3 is 1.94 bits per heavy atom. The Hall–Kier alpha value is -11.1. The number of nitrogens with zero attached hydrogens (tertiary/aromatic N) is 4. The van der Waals surface area contributed by atoms with Gasteiger partial charge >= 0.3 is 23.9 Å². The van der Waals surface area contributed by atoms with Crippen LogP contribution < -0.4 is 32.1 Å². The number of aliphatic hydroxyl groups is 1. The molecule has 6 amide bonds. The molecule has 8 atom stereocenters. The molecule has 102 heavy (non-hydrogen) atoms. The Kier molecular flexibility index (Phi) is 27.5. The number of aliphatic hydroxyl groups excluding tert-OH is 1. The molecule has 0 spiro atoms. The summed E-state index contributed by atoms with van der Waals surface area (Å²) >= 11 is 0. The van der Waals surface area contributed by atoms with Crippen molar-refractivity contribution in [3.05, 3.63) is 186 Å². The van der Waals surface area contributed by atoms with Gasteiger partial charge in [0.05, 0.1) is 16.0 Å². The summed E-state index contributed by atoms with van der Waals surface area (Å²) in [5.74, 6) is -6.72. The fourth-order valence-corrected chi connectivity index (χ4v) is 11.5. The van der Waals surface area contributed by atoms with Crippen molar-refractivity contribution in [3.8, 4) is 0 Å². The Morgan fingerprint density at radius 2 is 1.33 bits per heavy atom. The highest BCUT2D eigenvalue weighted by Gasteiger charge is 2.36. The minimum Gasteiger partial charge on any atom is -0.480 e. The number of hydrogen-bond acceptors (Lipinski definition) is 19. The number of carboxylic acids is 1. The average Bonchev–Trinajstić information content (AvgIpc) is 0.912. The lowest BCUT2D eigenvalue weighted by molar-refractivity contribution is -0.385. The van der Waals surface area contributed by atoms with E-state index in [1.807, 2.05) is 106 Å². The number of nitrogens with one attached hydrogen (secondary N) is 6. The largest absolute Gasteiger partial charge is 0.480 e. The van der Waals surface area contributed by atoms with Crippen molar-refractivity contribution < 1.29 is 77.5 Å². The van der Waals surface area contributed by atoms with Gasteiger partial charge in [0.1, 0.15) is 53.5 Å². The van der Waals surface area contributed by atoms with Crippen molar-refractivity contribution in [2.75, 3.05) is 13.1 Å². The summed E-state index contributed by atoms with van der Waals surface area (Å²) in [4.78, 5) is 146. The molecule has 6 aromatic rings. The van der Waals surface area contributed by atoms with Crippen molar-refractivity contribution in [2.24, 2.45) is 11.8 Å². The summed E-state index contributed by atoms with van der Waals surface area (Å²) in [6, 6.07) is 26.6. The van der Waals surface area contributed by atoms with E-state index < -0.39 is 111 Å². The molecule has 3 heterocycles. The molecule has 28 heteroatoms. The van der Waals surface area contributed by atoms with E-state index in [2.05, 4.69) is 36.9 Å². The molecular formula is C74H86N10O18. The van der Waals surface area contributed by atoms with Gasteiger partial charge in [-0.2, -0.15) is 0 Å². The van der Waals surface area contributed by atoms with Gasteiger partial charge in [0.2, 0.25) is 23.6 Å². The van der Waals surface area contributed by atoms with Gasteiger partial charge in [-0.05, 0) is 158 Å². The zero-order valence-corrected chi connectivity index (χ0v) is 58.3. The highest BCUT2D eigenvalue weighted by atomic mass is 16.6. The Balaban J connectivity index is 0.000000220. The first-order valence-corrected chi connectivity index (χ1v) is 33.4. The molecule has 28 nitrogen and oxygen atoms in total. The van der Waals surface area contributed by atoms with Crippen molar-refractivity contribution in [2.45, 2.75) is 156 Å². The highest BCUT2D eigenvalue weighted by molar-refractivity contribution is 6.07. The van der Waals surface area contributed by atoms with Gasteiger partial charge in [0, 0.05) is 38.1 Å². The molecule has 0 radical (unpaired) electrons. The summed E-state index contributed by atoms with van der Waals surface area (Å²) in [6.45, 7) is 17.6. The van der Waals surface area contributed by atoms with Gasteiger partial charge in [-0.1, -0.05) is 125 Å². The molecule has 5 bridgehead atoms. The van der Waals surface area contributed by atoms with Crippen LogP contribution >= 0.6 is 0 Å². The second-order valence-corrected chi connectivity index (χ2v) is 25.8. The zero-order valence-electron chi connectivity index (χ0n) is 58.3. The molecule has 6 aromatic carbocycles. The van der Waals surface area contributed by atoms with Crippen LogP contribution in [0.5, 0.6) is 0 Å². The highest BCUT2D eigenvalue weighted by Crippen LogP contribution is 2.29. The van der Waals surface area contributed by atoms with Gasteiger partial charge in [0.15, 0.2) is 0 Å². The first-order chi connectivity index (χ1) is 48.3. The first-order valence-electron chi connectivity index (χ1n) is 33.4. The number of carbonyl (C=O) groups excluding carboxylic acids is 9. The molecule has 8 N–H and O–H groups in total. The number of ether oxygens (including phenoxy) is 2. The maximum atomic E-state index is 13.1. The average molecular weight is 1400 g/mol. The van der Waals surface area contributed by atoms with Crippen LogP contribution in [0.15, 0.2) is 121 Å². The number of benzene rings is 6. The predicted octanol–water partition coefficient (Wildman–Crippen LogP) is 8.64. The van der Waals surface area contributed by atoms with Crippen LogP contribution in [0.4, 0.5) is 11.4 Å². The predicted molar refractivity (Wildman–Crippen MR) is 378 cm³/mol. The molecule has 0 saturated carbocycles. The second kappa shape index (κ2) is 35.8. The number of aryl methyl sites for hydroxylation is 2. The topological polar surface area (TPSA) is 395 Å². The van der Waals surface area contributed by atoms with Crippen LogP contribution in [0.1, 0.15) is 160 Å². The van der Waals surface area contributed by atoms with Gasteiger partial charge in [-0.3, -0.25) is 68.6 Å².